The first-order valence-corrected chi connectivity index (χ1v) is 10.9. The van der Waals surface area contributed by atoms with Gasteiger partial charge in [-0.15, -0.1) is 0 Å². The second-order valence-corrected chi connectivity index (χ2v) is 8.24. The van der Waals surface area contributed by atoms with Crippen molar-refractivity contribution >= 4 is 35.1 Å². The standard InChI is InChI=1S/C24H24ClN5O2/c1-15(31)28-19-10-8-16(9-11-19)23(32)30-12-3-2-7-21(30)22-20(14-27-24(26)29-22)17-5-4-6-18(25)13-17/h4-6,8-11,13-14,21H,2-3,7,12H2,1H3,(H,28,31)(H2,26,27,29). The Morgan fingerprint density at radius 2 is 1.94 bits per heavy atom. The van der Waals surface area contributed by atoms with Gasteiger partial charge in [0, 0.05) is 41.5 Å². The lowest BCUT2D eigenvalue weighted by Gasteiger charge is -2.36. The van der Waals surface area contributed by atoms with Crippen molar-refractivity contribution in [3.8, 4) is 11.1 Å². The molecule has 8 heteroatoms. The highest BCUT2D eigenvalue weighted by atomic mass is 35.5. The number of amides is 2. The highest BCUT2D eigenvalue weighted by Gasteiger charge is 2.32. The summed E-state index contributed by atoms with van der Waals surface area (Å²) in [7, 11) is 0. The van der Waals surface area contributed by atoms with E-state index in [0.29, 0.717) is 22.8 Å². The molecule has 2 amide bonds. The van der Waals surface area contributed by atoms with E-state index in [9.17, 15) is 9.59 Å². The molecule has 1 aromatic heterocycles. The first kappa shape index (κ1) is 21.8. The molecule has 1 atom stereocenters. The van der Waals surface area contributed by atoms with Gasteiger partial charge in [0.15, 0.2) is 0 Å². The Hall–Kier alpha value is -3.45. The Morgan fingerprint density at radius 1 is 1.16 bits per heavy atom. The van der Waals surface area contributed by atoms with E-state index in [1.54, 1.807) is 30.5 Å². The third-order valence-corrected chi connectivity index (χ3v) is 5.74. The van der Waals surface area contributed by atoms with Gasteiger partial charge in [0.1, 0.15) is 0 Å². The molecule has 164 valence electrons. The molecule has 2 heterocycles. The minimum atomic E-state index is -0.231. The van der Waals surface area contributed by atoms with Crippen LogP contribution in [0.3, 0.4) is 0 Å². The Kier molecular flexibility index (Phi) is 6.37. The predicted molar refractivity (Wildman–Crippen MR) is 125 cm³/mol. The number of nitrogen functional groups attached to an aromatic ring is 1. The number of nitrogens with one attached hydrogen (secondary N) is 1. The number of nitrogens with two attached hydrogens (primary N) is 1. The molecule has 32 heavy (non-hydrogen) atoms. The maximum absolute atomic E-state index is 13.4. The lowest BCUT2D eigenvalue weighted by molar-refractivity contribution is -0.114. The molecule has 2 aromatic carbocycles. The molecule has 1 aliphatic rings. The van der Waals surface area contributed by atoms with Gasteiger partial charge in [0.2, 0.25) is 11.9 Å². The third kappa shape index (κ3) is 4.73. The maximum Gasteiger partial charge on any atom is 0.254 e. The quantitative estimate of drug-likeness (QED) is 0.600. The summed E-state index contributed by atoms with van der Waals surface area (Å²) in [6.07, 6.45) is 4.37. The second-order valence-electron chi connectivity index (χ2n) is 7.81. The van der Waals surface area contributed by atoms with Crippen LogP contribution in [0, 0.1) is 0 Å². The number of anilines is 2. The number of hydrogen-bond acceptors (Lipinski definition) is 5. The first-order chi connectivity index (χ1) is 15.4. The SMILES string of the molecule is CC(=O)Nc1ccc(C(=O)N2CCCCC2c2nc(N)ncc2-c2cccc(Cl)c2)cc1. The minimum Gasteiger partial charge on any atom is -0.368 e. The van der Waals surface area contributed by atoms with Crippen LogP contribution >= 0.6 is 11.6 Å². The summed E-state index contributed by atoms with van der Waals surface area (Å²) in [5.74, 6) is -0.0724. The molecule has 1 aliphatic heterocycles. The summed E-state index contributed by atoms with van der Waals surface area (Å²) >= 11 is 6.21. The molecule has 0 saturated carbocycles. The van der Waals surface area contributed by atoms with E-state index in [2.05, 4.69) is 15.3 Å². The van der Waals surface area contributed by atoms with Crippen molar-refractivity contribution < 1.29 is 9.59 Å². The van der Waals surface area contributed by atoms with Gasteiger partial charge in [-0.05, 0) is 61.2 Å². The maximum atomic E-state index is 13.4. The molecule has 3 N–H and O–H groups in total. The number of benzene rings is 2. The van der Waals surface area contributed by atoms with Crippen LogP contribution in [0.2, 0.25) is 5.02 Å². The predicted octanol–water partition coefficient (Wildman–Crippen LogP) is 4.71. The van der Waals surface area contributed by atoms with E-state index in [-0.39, 0.29) is 23.8 Å². The van der Waals surface area contributed by atoms with Gasteiger partial charge in [-0.25, -0.2) is 9.97 Å². The van der Waals surface area contributed by atoms with Crippen LogP contribution in [0.1, 0.15) is 48.3 Å². The number of rotatable bonds is 4. The molecule has 7 nitrogen and oxygen atoms in total. The number of hydrogen-bond donors (Lipinski definition) is 2. The van der Waals surface area contributed by atoms with E-state index < -0.39 is 0 Å². The monoisotopic (exact) mass is 449 g/mol. The Labute approximate surface area is 191 Å². The van der Waals surface area contributed by atoms with Crippen molar-refractivity contribution in [1.29, 1.82) is 0 Å². The summed E-state index contributed by atoms with van der Waals surface area (Å²) in [6, 6.07) is 14.2. The summed E-state index contributed by atoms with van der Waals surface area (Å²) in [4.78, 5) is 35.3. The molecule has 4 rings (SSSR count). The van der Waals surface area contributed by atoms with Crippen molar-refractivity contribution in [2.24, 2.45) is 0 Å². The van der Waals surface area contributed by atoms with Crippen molar-refractivity contribution in [3.63, 3.8) is 0 Å². The van der Waals surface area contributed by atoms with Crippen LogP contribution in [0.15, 0.2) is 54.7 Å². The number of halogens is 1. The van der Waals surface area contributed by atoms with E-state index in [1.165, 1.54) is 6.92 Å². The fourth-order valence-electron chi connectivity index (χ4n) is 4.07. The van der Waals surface area contributed by atoms with Crippen LogP contribution in [0.4, 0.5) is 11.6 Å². The topological polar surface area (TPSA) is 101 Å². The molecular formula is C24H24ClN5O2. The summed E-state index contributed by atoms with van der Waals surface area (Å²) in [5, 5.41) is 3.33. The average molecular weight is 450 g/mol. The smallest absolute Gasteiger partial charge is 0.254 e. The largest absolute Gasteiger partial charge is 0.368 e. The molecule has 0 aliphatic carbocycles. The van der Waals surface area contributed by atoms with Gasteiger partial charge in [0.05, 0.1) is 11.7 Å². The average Bonchev–Trinajstić information content (AvgIpc) is 2.79. The Bertz CT molecular complexity index is 1150. The highest BCUT2D eigenvalue weighted by Crippen LogP contribution is 2.37. The Balaban J connectivity index is 1.69. The molecule has 1 saturated heterocycles. The lowest BCUT2D eigenvalue weighted by Crippen LogP contribution is -2.39. The molecule has 1 fully saturated rings. The number of carbonyl (C=O) groups excluding carboxylic acids is 2. The van der Waals surface area contributed by atoms with Crippen LogP contribution in [0.5, 0.6) is 0 Å². The molecule has 0 spiro atoms. The van der Waals surface area contributed by atoms with E-state index >= 15 is 0 Å². The summed E-state index contributed by atoms with van der Waals surface area (Å²) < 4.78 is 0. The van der Waals surface area contributed by atoms with E-state index in [1.807, 2.05) is 29.2 Å². The van der Waals surface area contributed by atoms with Gasteiger partial charge in [-0.3, -0.25) is 9.59 Å². The number of carbonyl (C=O) groups is 2. The van der Waals surface area contributed by atoms with Gasteiger partial charge in [-0.1, -0.05) is 23.7 Å². The number of aromatic nitrogens is 2. The third-order valence-electron chi connectivity index (χ3n) is 5.50. The first-order valence-electron chi connectivity index (χ1n) is 10.5. The van der Waals surface area contributed by atoms with Crippen LogP contribution < -0.4 is 11.1 Å². The Morgan fingerprint density at radius 3 is 2.66 bits per heavy atom. The van der Waals surface area contributed by atoms with Crippen molar-refractivity contribution in [2.75, 3.05) is 17.6 Å². The van der Waals surface area contributed by atoms with E-state index in [0.717, 1.165) is 36.1 Å². The summed E-state index contributed by atoms with van der Waals surface area (Å²) in [5.41, 5.74) is 9.56. The molecular weight excluding hydrogens is 426 g/mol. The van der Waals surface area contributed by atoms with Crippen molar-refractivity contribution in [1.82, 2.24) is 14.9 Å². The summed E-state index contributed by atoms with van der Waals surface area (Å²) in [6.45, 7) is 2.07. The zero-order chi connectivity index (χ0) is 22.7. The molecule has 1 unspecified atom stereocenters. The number of likely N-dealkylation sites (tertiary alicyclic amines) is 1. The van der Waals surface area contributed by atoms with Gasteiger partial charge >= 0.3 is 0 Å². The van der Waals surface area contributed by atoms with Gasteiger partial charge < -0.3 is 16.0 Å². The number of nitrogens with zero attached hydrogens (tertiary/aromatic N) is 3. The fraction of sp³-hybridized carbons (Fsp3) is 0.250. The molecule has 0 bridgehead atoms. The zero-order valence-corrected chi connectivity index (χ0v) is 18.5. The normalized spacial score (nSPS) is 15.9. The van der Waals surface area contributed by atoms with Crippen molar-refractivity contribution in [2.45, 2.75) is 32.2 Å². The minimum absolute atomic E-state index is 0.0849. The molecule has 0 radical (unpaired) electrons. The van der Waals surface area contributed by atoms with Crippen LogP contribution in [-0.2, 0) is 4.79 Å². The van der Waals surface area contributed by atoms with Gasteiger partial charge in [-0.2, -0.15) is 0 Å². The number of piperidine rings is 1. The fourth-order valence-corrected chi connectivity index (χ4v) is 4.26. The van der Waals surface area contributed by atoms with Crippen LogP contribution in [0.25, 0.3) is 11.1 Å². The second kappa shape index (κ2) is 9.36. The highest BCUT2D eigenvalue weighted by molar-refractivity contribution is 6.30. The van der Waals surface area contributed by atoms with Crippen LogP contribution in [-0.4, -0.2) is 33.2 Å². The zero-order valence-electron chi connectivity index (χ0n) is 17.7. The van der Waals surface area contributed by atoms with Gasteiger partial charge in [0.25, 0.3) is 5.91 Å². The molecule has 3 aromatic rings. The van der Waals surface area contributed by atoms with E-state index in [4.69, 9.17) is 17.3 Å². The lowest BCUT2D eigenvalue weighted by atomic mass is 9.93. The van der Waals surface area contributed by atoms with Crippen molar-refractivity contribution in [3.05, 3.63) is 71.0 Å².